The molecule has 0 saturated heterocycles. The summed E-state index contributed by atoms with van der Waals surface area (Å²) in [4.78, 5) is 0. The van der Waals surface area contributed by atoms with Gasteiger partial charge in [-0.25, -0.2) is 9.07 Å². The third kappa shape index (κ3) is 2.81. The smallest absolute Gasteiger partial charge is 0.146 e. The van der Waals surface area contributed by atoms with Crippen molar-refractivity contribution in [3.05, 3.63) is 60.2 Å². The Labute approximate surface area is 119 Å². The summed E-state index contributed by atoms with van der Waals surface area (Å²) >= 11 is 0. The SMILES string of the molecule is Oc1ccccc1CNc1cc(-n2cnnn2)ccc1F. The summed E-state index contributed by atoms with van der Waals surface area (Å²) in [5, 5.41) is 23.5. The number of benzene rings is 2. The van der Waals surface area contributed by atoms with Crippen LogP contribution >= 0.6 is 0 Å². The molecule has 0 spiro atoms. The van der Waals surface area contributed by atoms with E-state index in [2.05, 4.69) is 20.8 Å². The first-order valence-electron chi connectivity index (χ1n) is 6.28. The number of hydrogen-bond donors (Lipinski definition) is 2. The van der Waals surface area contributed by atoms with Crippen LogP contribution in [-0.4, -0.2) is 25.3 Å². The minimum absolute atomic E-state index is 0.169. The highest BCUT2D eigenvalue weighted by Gasteiger charge is 2.07. The number of phenols is 1. The maximum atomic E-state index is 13.8. The van der Waals surface area contributed by atoms with E-state index in [-0.39, 0.29) is 11.6 Å². The molecule has 0 aliphatic rings. The molecule has 1 aromatic heterocycles. The van der Waals surface area contributed by atoms with Crippen molar-refractivity contribution in [2.75, 3.05) is 5.32 Å². The van der Waals surface area contributed by atoms with Gasteiger partial charge in [0.15, 0.2) is 0 Å². The lowest BCUT2D eigenvalue weighted by Gasteiger charge is -2.10. The molecule has 0 saturated carbocycles. The highest BCUT2D eigenvalue weighted by molar-refractivity contribution is 5.52. The van der Waals surface area contributed by atoms with Crippen molar-refractivity contribution in [3.8, 4) is 11.4 Å². The van der Waals surface area contributed by atoms with E-state index in [1.165, 1.54) is 17.1 Å². The first-order valence-corrected chi connectivity index (χ1v) is 6.28. The Bertz CT molecular complexity index is 745. The monoisotopic (exact) mass is 285 g/mol. The molecule has 3 aromatic rings. The fraction of sp³-hybridized carbons (Fsp3) is 0.0714. The van der Waals surface area contributed by atoms with E-state index in [1.54, 1.807) is 30.3 Å². The molecule has 2 N–H and O–H groups in total. The molecule has 21 heavy (non-hydrogen) atoms. The zero-order valence-electron chi connectivity index (χ0n) is 10.9. The Kier molecular flexibility index (Phi) is 3.46. The molecule has 2 aromatic carbocycles. The Morgan fingerprint density at radius 2 is 2.05 bits per heavy atom. The average molecular weight is 285 g/mol. The summed E-state index contributed by atoms with van der Waals surface area (Å²) in [5.74, 6) is -0.218. The summed E-state index contributed by atoms with van der Waals surface area (Å²) in [5.41, 5.74) is 1.64. The van der Waals surface area contributed by atoms with Gasteiger partial charge in [-0.1, -0.05) is 18.2 Å². The molecule has 0 unspecified atom stereocenters. The van der Waals surface area contributed by atoms with Gasteiger partial charge in [0.2, 0.25) is 0 Å². The molecular formula is C14H12FN5O. The van der Waals surface area contributed by atoms with Crippen LogP contribution in [0.25, 0.3) is 5.69 Å². The average Bonchev–Trinajstić information content (AvgIpc) is 3.02. The molecule has 3 rings (SSSR count). The number of para-hydroxylation sites is 1. The van der Waals surface area contributed by atoms with E-state index in [4.69, 9.17) is 0 Å². The quantitative estimate of drug-likeness (QED) is 0.768. The van der Waals surface area contributed by atoms with E-state index in [1.807, 2.05) is 6.07 Å². The highest BCUT2D eigenvalue weighted by atomic mass is 19.1. The van der Waals surface area contributed by atoms with Crippen molar-refractivity contribution in [2.24, 2.45) is 0 Å². The van der Waals surface area contributed by atoms with Crippen LogP contribution < -0.4 is 5.32 Å². The molecule has 0 aliphatic heterocycles. The number of nitrogens with one attached hydrogen (secondary N) is 1. The summed E-state index contributed by atoms with van der Waals surface area (Å²) in [6.45, 7) is 0.308. The normalized spacial score (nSPS) is 10.5. The summed E-state index contributed by atoms with van der Waals surface area (Å²) < 4.78 is 15.3. The third-order valence-electron chi connectivity index (χ3n) is 3.02. The molecule has 6 nitrogen and oxygen atoms in total. The second-order valence-electron chi connectivity index (χ2n) is 4.40. The number of anilines is 1. The number of tetrazole rings is 1. The third-order valence-corrected chi connectivity index (χ3v) is 3.02. The topological polar surface area (TPSA) is 75.9 Å². The van der Waals surface area contributed by atoms with Crippen molar-refractivity contribution in [2.45, 2.75) is 6.54 Å². The number of aromatic hydroxyl groups is 1. The van der Waals surface area contributed by atoms with Crippen molar-refractivity contribution >= 4 is 5.69 Å². The molecule has 0 amide bonds. The Morgan fingerprint density at radius 1 is 1.19 bits per heavy atom. The van der Waals surface area contributed by atoms with Crippen LogP contribution in [0, 0.1) is 5.82 Å². The number of phenolic OH excluding ortho intramolecular Hbond substituents is 1. The van der Waals surface area contributed by atoms with Crippen LogP contribution in [0.1, 0.15) is 5.56 Å². The van der Waals surface area contributed by atoms with E-state index < -0.39 is 0 Å². The predicted molar refractivity (Wildman–Crippen MR) is 74.5 cm³/mol. The summed E-state index contributed by atoms with van der Waals surface area (Å²) in [6.07, 6.45) is 1.43. The standard InChI is InChI=1S/C14H12FN5O/c15-12-6-5-11(20-9-17-18-19-20)7-13(12)16-8-10-3-1-2-4-14(10)21/h1-7,9,16,21H,8H2. The first kappa shape index (κ1) is 13.0. The molecule has 0 radical (unpaired) electrons. The molecule has 7 heteroatoms. The Morgan fingerprint density at radius 3 is 2.81 bits per heavy atom. The Hall–Kier alpha value is -2.96. The second-order valence-corrected chi connectivity index (χ2v) is 4.40. The minimum Gasteiger partial charge on any atom is -0.508 e. The second kappa shape index (κ2) is 5.58. The lowest BCUT2D eigenvalue weighted by Crippen LogP contribution is -2.03. The summed E-state index contributed by atoms with van der Waals surface area (Å²) in [7, 11) is 0. The molecule has 106 valence electrons. The maximum absolute atomic E-state index is 13.8. The molecule has 0 fully saturated rings. The minimum atomic E-state index is -0.387. The number of hydrogen-bond acceptors (Lipinski definition) is 5. The zero-order chi connectivity index (χ0) is 14.7. The van der Waals surface area contributed by atoms with Crippen molar-refractivity contribution in [3.63, 3.8) is 0 Å². The summed E-state index contributed by atoms with van der Waals surface area (Å²) in [6, 6.07) is 11.4. The van der Waals surface area contributed by atoms with Crippen LogP contribution in [0.2, 0.25) is 0 Å². The van der Waals surface area contributed by atoms with Gasteiger partial charge >= 0.3 is 0 Å². The van der Waals surface area contributed by atoms with Gasteiger partial charge in [-0.05, 0) is 34.7 Å². The van der Waals surface area contributed by atoms with E-state index in [9.17, 15) is 9.50 Å². The van der Waals surface area contributed by atoms with Crippen molar-refractivity contribution in [1.29, 1.82) is 0 Å². The van der Waals surface area contributed by atoms with Gasteiger partial charge in [0.25, 0.3) is 0 Å². The fourth-order valence-corrected chi connectivity index (χ4v) is 1.92. The Balaban J connectivity index is 1.82. The zero-order valence-corrected chi connectivity index (χ0v) is 10.9. The van der Waals surface area contributed by atoms with Crippen molar-refractivity contribution in [1.82, 2.24) is 20.2 Å². The van der Waals surface area contributed by atoms with Crippen LogP contribution in [0.3, 0.4) is 0 Å². The number of aromatic nitrogens is 4. The van der Waals surface area contributed by atoms with Gasteiger partial charge in [0.1, 0.15) is 17.9 Å². The number of nitrogens with zero attached hydrogens (tertiary/aromatic N) is 4. The number of halogens is 1. The van der Waals surface area contributed by atoms with Gasteiger partial charge in [-0.3, -0.25) is 0 Å². The van der Waals surface area contributed by atoms with Gasteiger partial charge < -0.3 is 10.4 Å². The molecule has 0 aliphatic carbocycles. The molecule has 1 heterocycles. The van der Waals surface area contributed by atoms with Crippen molar-refractivity contribution < 1.29 is 9.50 Å². The van der Waals surface area contributed by atoms with Crippen LogP contribution in [-0.2, 0) is 6.54 Å². The lowest BCUT2D eigenvalue weighted by atomic mass is 10.2. The van der Waals surface area contributed by atoms with Crippen LogP contribution in [0.4, 0.5) is 10.1 Å². The maximum Gasteiger partial charge on any atom is 0.146 e. The molecular weight excluding hydrogens is 273 g/mol. The van der Waals surface area contributed by atoms with Crippen LogP contribution in [0.5, 0.6) is 5.75 Å². The van der Waals surface area contributed by atoms with E-state index in [0.717, 1.165) is 0 Å². The van der Waals surface area contributed by atoms with E-state index >= 15 is 0 Å². The highest BCUT2D eigenvalue weighted by Crippen LogP contribution is 2.21. The number of rotatable bonds is 4. The predicted octanol–water partition coefficient (Wildman–Crippen LogP) is 2.12. The largest absolute Gasteiger partial charge is 0.508 e. The lowest BCUT2D eigenvalue weighted by molar-refractivity contribution is 0.469. The first-order chi connectivity index (χ1) is 10.2. The van der Waals surface area contributed by atoms with E-state index in [0.29, 0.717) is 23.5 Å². The van der Waals surface area contributed by atoms with Gasteiger partial charge in [0, 0.05) is 12.1 Å². The van der Waals surface area contributed by atoms with Gasteiger partial charge in [-0.15, -0.1) is 5.10 Å². The molecule has 0 bridgehead atoms. The van der Waals surface area contributed by atoms with Crippen LogP contribution in [0.15, 0.2) is 48.8 Å². The van der Waals surface area contributed by atoms with Gasteiger partial charge in [-0.2, -0.15) is 0 Å². The fourth-order valence-electron chi connectivity index (χ4n) is 1.92. The van der Waals surface area contributed by atoms with Gasteiger partial charge in [0.05, 0.1) is 11.4 Å². The molecule has 0 atom stereocenters.